The van der Waals surface area contributed by atoms with E-state index >= 15 is 0 Å². The molecular formula is C20H22N4O4S2. The summed E-state index contributed by atoms with van der Waals surface area (Å²) in [4.78, 5) is 16.3. The van der Waals surface area contributed by atoms with Crippen molar-refractivity contribution in [3.8, 4) is 0 Å². The molecule has 0 saturated heterocycles. The highest BCUT2D eigenvalue weighted by molar-refractivity contribution is 7.99. The lowest BCUT2D eigenvalue weighted by Gasteiger charge is -2.13. The standard InChI is InChI=1S/C20H22N4O4S2/c1-13-5-4-6-14(2)20(13)24-30(26,27)17-9-7-16(8-10-17)22-19(25)12-29-11-18-21-15(3)28-23-18/h4-10,24H,11-12H2,1-3H3,(H,22,25). The maximum Gasteiger partial charge on any atom is 0.261 e. The molecule has 3 aromatic rings. The van der Waals surface area contributed by atoms with Gasteiger partial charge in [-0.2, -0.15) is 4.98 Å². The fraction of sp³-hybridized carbons (Fsp3) is 0.250. The molecule has 1 aromatic heterocycles. The first kappa shape index (κ1) is 21.8. The van der Waals surface area contributed by atoms with Crippen molar-refractivity contribution in [3.05, 3.63) is 65.3 Å². The van der Waals surface area contributed by atoms with Crippen molar-refractivity contribution < 1.29 is 17.7 Å². The summed E-state index contributed by atoms with van der Waals surface area (Å²) in [6.07, 6.45) is 0. The van der Waals surface area contributed by atoms with E-state index in [2.05, 4.69) is 20.2 Å². The Morgan fingerprint density at radius 1 is 1.07 bits per heavy atom. The third-order valence-electron chi connectivity index (χ3n) is 4.20. The Morgan fingerprint density at radius 3 is 2.33 bits per heavy atom. The van der Waals surface area contributed by atoms with E-state index in [1.807, 2.05) is 32.0 Å². The van der Waals surface area contributed by atoms with E-state index in [1.165, 1.54) is 23.9 Å². The number of nitrogens with one attached hydrogen (secondary N) is 2. The molecule has 0 unspecified atom stereocenters. The normalized spacial score (nSPS) is 11.3. The van der Waals surface area contributed by atoms with Gasteiger partial charge in [0.1, 0.15) is 0 Å². The number of carbonyl (C=O) groups is 1. The lowest BCUT2D eigenvalue weighted by atomic mass is 10.1. The Labute approximate surface area is 179 Å². The summed E-state index contributed by atoms with van der Waals surface area (Å²) < 4.78 is 32.9. The Hall–Kier alpha value is -2.85. The van der Waals surface area contributed by atoms with Gasteiger partial charge >= 0.3 is 0 Å². The molecule has 3 rings (SSSR count). The average molecular weight is 447 g/mol. The molecule has 10 heteroatoms. The van der Waals surface area contributed by atoms with Crippen LogP contribution in [-0.2, 0) is 20.6 Å². The van der Waals surface area contributed by atoms with Crippen LogP contribution in [0.1, 0.15) is 22.8 Å². The second-order valence-electron chi connectivity index (χ2n) is 6.67. The summed E-state index contributed by atoms with van der Waals surface area (Å²) in [7, 11) is -3.74. The van der Waals surface area contributed by atoms with Gasteiger partial charge in [0.05, 0.1) is 22.1 Å². The number of aryl methyl sites for hydroxylation is 3. The Bertz CT molecular complexity index is 1120. The fourth-order valence-corrected chi connectivity index (χ4v) is 4.58. The monoisotopic (exact) mass is 446 g/mol. The smallest absolute Gasteiger partial charge is 0.261 e. The van der Waals surface area contributed by atoms with Crippen LogP contribution in [0.15, 0.2) is 51.9 Å². The van der Waals surface area contributed by atoms with Crippen LogP contribution in [0.2, 0.25) is 0 Å². The Morgan fingerprint density at radius 2 is 1.73 bits per heavy atom. The molecule has 1 amide bonds. The zero-order valence-corrected chi connectivity index (χ0v) is 18.4. The number of anilines is 2. The molecule has 0 fully saturated rings. The predicted octanol–water partition coefficient (Wildman–Crippen LogP) is 3.67. The maximum absolute atomic E-state index is 12.7. The maximum atomic E-state index is 12.7. The number of nitrogens with zero attached hydrogens (tertiary/aromatic N) is 2. The number of rotatable bonds is 8. The van der Waals surface area contributed by atoms with Gasteiger partial charge < -0.3 is 9.84 Å². The van der Waals surface area contributed by atoms with Gasteiger partial charge in [-0.05, 0) is 49.2 Å². The SMILES string of the molecule is Cc1nc(CSCC(=O)Nc2ccc(S(=O)(=O)Nc3c(C)cccc3C)cc2)no1. The first-order chi connectivity index (χ1) is 14.2. The highest BCUT2D eigenvalue weighted by Crippen LogP contribution is 2.24. The van der Waals surface area contributed by atoms with E-state index in [4.69, 9.17) is 4.52 Å². The van der Waals surface area contributed by atoms with E-state index in [0.717, 1.165) is 11.1 Å². The number of sulfonamides is 1. The van der Waals surface area contributed by atoms with Crippen molar-refractivity contribution in [2.75, 3.05) is 15.8 Å². The first-order valence-electron chi connectivity index (χ1n) is 9.10. The number of hydrogen-bond donors (Lipinski definition) is 2. The molecule has 30 heavy (non-hydrogen) atoms. The topological polar surface area (TPSA) is 114 Å². The number of aromatic nitrogens is 2. The molecule has 0 atom stereocenters. The van der Waals surface area contributed by atoms with Crippen LogP contribution in [0.3, 0.4) is 0 Å². The molecule has 0 radical (unpaired) electrons. The second-order valence-corrected chi connectivity index (χ2v) is 9.34. The summed E-state index contributed by atoms with van der Waals surface area (Å²) >= 11 is 1.36. The number of thioether (sulfide) groups is 1. The van der Waals surface area contributed by atoms with Crippen LogP contribution < -0.4 is 10.0 Å². The van der Waals surface area contributed by atoms with Crippen molar-refractivity contribution in [1.82, 2.24) is 10.1 Å². The molecule has 0 aliphatic rings. The first-order valence-corrected chi connectivity index (χ1v) is 11.7. The van der Waals surface area contributed by atoms with Crippen LogP contribution in [0, 0.1) is 20.8 Å². The zero-order chi connectivity index (χ0) is 21.7. The molecule has 158 valence electrons. The quantitative estimate of drug-likeness (QED) is 0.543. The fourth-order valence-electron chi connectivity index (χ4n) is 2.72. The van der Waals surface area contributed by atoms with Gasteiger partial charge in [-0.25, -0.2) is 8.42 Å². The van der Waals surface area contributed by atoms with Gasteiger partial charge in [-0.3, -0.25) is 9.52 Å². The third kappa shape index (κ3) is 5.61. The van der Waals surface area contributed by atoms with Gasteiger partial charge in [0.2, 0.25) is 11.8 Å². The van der Waals surface area contributed by atoms with Gasteiger partial charge in [-0.15, -0.1) is 11.8 Å². The average Bonchev–Trinajstić information content (AvgIpc) is 3.10. The van der Waals surface area contributed by atoms with Gasteiger partial charge in [0.25, 0.3) is 10.0 Å². The molecule has 8 nitrogen and oxygen atoms in total. The summed E-state index contributed by atoms with van der Waals surface area (Å²) in [6.45, 7) is 5.40. The summed E-state index contributed by atoms with van der Waals surface area (Å²) in [5, 5.41) is 6.51. The molecule has 0 spiro atoms. The minimum atomic E-state index is -3.74. The van der Waals surface area contributed by atoms with Crippen molar-refractivity contribution in [2.24, 2.45) is 0 Å². The van der Waals surface area contributed by atoms with Crippen molar-refractivity contribution >= 4 is 39.1 Å². The number of para-hydroxylation sites is 1. The highest BCUT2D eigenvalue weighted by Gasteiger charge is 2.16. The molecule has 2 N–H and O–H groups in total. The largest absolute Gasteiger partial charge is 0.340 e. The van der Waals surface area contributed by atoms with Crippen LogP contribution >= 0.6 is 11.8 Å². The minimum absolute atomic E-state index is 0.116. The number of amides is 1. The van der Waals surface area contributed by atoms with Crippen molar-refractivity contribution in [2.45, 2.75) is 31.4 Å². The van der Waals surface area contributed by atoms with E-state index in [1.54, 1.807) is 19.1 Å². The highest BCUT2D eigenvalue weighted by atomic mass is 32.2. The third-order valence-corrected chi connectivity index (χ3v) is 6.49. The molecule has 0 saturated carbocycles. The summed E-state index contributed by atoms with van der Waals surface area (Å²) in [5.74, 6) is 1.49. The summed E-state index contributed by atoms with van der Waals surface area (Å²) in [6, 6.07) is 11.6. The zero-order valence-electron chi connectivity index (χ0n) is 16.8. The van der Waals surface area contributed by atoms with E-state index in [9.17, 15) is 13.2 Å². The van der Waals surface area contributed by atoms with E-state index in [0.29, 0.717) is 28.8 Å². The Balaban J connectivity index is 1.57. The van der Waals surface area contributed by atoms with E-state index < -0.39 is 10.0 Å². The van der Waals surface area contributed by atoms with E-state index in [-0.39, 0.29) is 16.6 Å². The van der Waals surface area contributed by atoms with Gasteiger partial charge in [0.15, 0.2) is 5.82 Å². The van der Waals surface area contributed by atoms with Crippen LogP contribution in [0.4, 0.5) is 11.4 Å². The summed E-state index contributed by atoms with van der Waals surface area (Å²) in [5.41, 5.74) is 2.78. The van der Waals surface area contributed by atoms with Crippen molar-refractivity contribution in [3.63, 3.8) is 0 Å². The molecule has 1 heterocycles. The molecule has 0 aliphatic heterocycles. The van der Waals surface area contributed by atoms with Crippen molar-refractivity contribution in [1.29, 1.82) is 0 Å². The predicted molar refractivity (Wildman–Crippen MR) is 117 cm³/mol. The van der Waals surface area contributed by atoms with Crippen LogP contribution in [0.25, 0.3) is 0 Å². The van der Waals surface area contributed by atoms with Gasteiger partial charge in [0, 0.05) is 12.6 Å². The lowest BCUT2D eigenvalue weighted by molar-refractivity contribution is -0.113. The molecular weight excluding hydrogens is 424 g/mol. The lowest BCUT2D eigenvalue weighted by Crippen LogP contribution is -2.16. The second kappa shape index (κ2) is 9.31. The number of carbonyl (C=O) groups excluding carboxylic acids is 1. The minimum Gasteiger partial charge on any atom is -0.340 e. The molecule has 0 aliphatic carbocycles. The van der Waals surface area contributed by atoms with Crippen LogP contribution in [0.5, 0.6) is 0 Å². The number of hydrogen-bond acceptors (Lipinski definition) is 7. The van der Waals surface area contributed by atoms with Crippen LogP contribution in [-0.4, -0.2) is 30.2 Å². The Kier molecular flexibility index (Phi) is 6.78. The molecule has 2 aromatic carbocycles. The van der Waals surface area contributed by atoms with Gasteiger partial charge in [-0.1, -0.05) is 23.4 Å². The molecule has 0 bridgehead atoms. The number of benzene rings is 2.